The molecule has 0 aliphatic rings. The number of imidazole rings is 1. The maximum absolute atomic E-state index is 13.2. The number of hydrogen-bond donors (Lipinski definition) is 0. The van der Waals surface area contributed by atoms with Crippen molar-refractivity contribution in [2.24, 2.45) is 0 Å². The van der Waals surface area contributed by atoms with Gasteiger partial charge in [0.05, 0.1) is 17.6 Å². The summed E-state index contributed by atoms with van der Waals surface area (Å²) in [7, 11) is 0. The van der Waals surface area contributed by atoms with Crippen molar-refractivity contribution in [3.8, 4) is 5.75 Å². The van der Waals surface area contributed by atoms with Crippen molar-refractivity contribution < 1.29 is 17.9 Å². The van der Waals surface area contributed by atoms with E-state index in [1.165, 1.54) is 4.57 Å². The third-order valence-electron chi connectivity index (χ3n) is 3.77. The van der Waals surface area contributed by atoms with Crippen LogP contribution in [0.15, 0.2) is 48.5 Å². The molecule has 25 heavy (non-hydrogen) atoms. The van der Waals surface area contributed by atoms with Crippen molar-refractivity contribution in [2.75, 3.05) is 6.61 Å². The molecule has 1 aromatic heterocycles. The zero-order valence-electron chi connectivity index (χ0n) is 13.3. The van der Waals surface area contributed by atoms with E-state index in [-0.39, 0.29) is 6.54 Å². The number of nitrogens with zero attached hydrogens (tertiary/aromatic N) is 2. The first-order valence-electron chi connectivity index (χ1n) is 7.86. The molecule has 3 nitrogen and oxygen atoms in total. The highest BCUT2D eigenvalue weighted by molar-refractivity contribution is 6.30. The Balaban J connectivity index is 1.62. The topological polar surface area (TPSA) is 27.1 Å². The largest absolute Gasteiger partial charge is 0.494 e. The van der Waals surface area contributed by atoms with Gasteiger partial charge in [-0.15, -0.1) is 0 Å². The van der Waals surface area contributed by atoms with E-state index in [4.69, 9.17) is 16.3 Å². The fourth-order valence-corrected chi connectivity index (χ4v) is 2.74. The Bertz CT molecular complexity index is 844. The second kappa shape index (κ2) is 7.35. The number of halogens is 4. The lowest BCUT2D eigenvalue weighted by atomic mass is 10.3. The zero-order chi connectivity index (χ0) is 17.9. The van der Waals surface area contributed by atoms with Gasteiger partial charge in [-0.2, -0.15) is 13.2 Å². The van der Waals surface area contributed by atoms with Gasteiger partial charge in [0.2, 0.25) is 5.82 Å². The molecule has 0 atom stereocenters. The average molecular weight is 369 g/mol. The lowest BCUT2D eigenvalue weighted by Crippen LogP contribution is -2.15. The molecule has 132 valence electrons. The number of unbranched alkanes of at least 4 members (excludes halogenated alkanes) is 1. The summed E-state index contributed by atoms with van der Waals surface area (Å²) in [5, 5.41) is 0.624. The van der Waals surface area contributed by atoms with Crippen molar-refractivity contribution >= 4 is 22.6 Å². The predicted molar refractivity (Wildman–Crippen MR) is 90.9 cm³/mol. The number of alkyl halides is 3. The highest BCUT2D eigenvalue weighted by Crippen LogP contribution is 2.31. The highest BCUT2D eigenvalue weighted by Gasteiger charge is 2.37. The number of para-hydroxylation sites is 2. The molecule has 1 heterocycles. The van der Waals surface area contributed by atoms with Gasteiger partial charge in [0.15, 0.2) is 0 Å². The molecular formula is C18H16ClF3N2O. The summed E-state index contributed by atoms with van der Waals surface area (Å²) in [5.74, 6) is -0.166. The van der Waals surface area contributed by atoms with Crippen LogP contribution in [-0.4, -0.2) is 16.2 Å². The number of hydrogen-bond acceptors (Lipinski definition) is 2. The molecule has 0 spiro atoms. The summed E-state index contributed by atoms with van der Waals surface area (Å²) >= 11 is 5.80. The monoisotopic (exact) mass is 368 g/mol. The van der Waals surface area contributed by atoms with Crippen LogP contribution < -0.4 is 4.74 Å². The quantitative estimate of drug-likeness (QED) is 0.532. The summed E-state index contributed by atoms with van der Waals surface area (Å²) in [6, 6.07) is 13.6. The Kier molecular flexibility index (Phi) is 5.18. The molecule has 0 unspecified atom stereocenters. The summed E-state index contributed by atoms with van der Waals surface area (Å²) in [6.45, 7) is 0.662. The second-order valence-corrected chi connectivity index (χ2v) is 6.02. The Morgan fingerprint density at radius 3 is 2.44 bits per heavy atom. The molecule has 0 fully saturated rings. The molecule has 3 aromatic rings. The van der Waals surface area contributed by atoms with E-state index in [1.54, 1.807) is 48.5 Å². The molecule has 0 radical (unpaired) electrons. The van der Waals surface area contributed by atoms with Crippen molar-refractivity contribution in [1.29, 1.82) is 0 Å². The van der Waals surface area contributed by atoms with E-state index in [9.17, 15) is 13.2 Å². The summed E-state index contributed by atoms with van der Waals surface area (Å²) in [4.78, 5) is 3.73. The van der Waals surface area contributed by atoms with Crippen molar-refractivity contribution in [1.82, 2.24) is 9.55 Å². The molecule has 7 heteroatoms. The Morgan fingerprint density at radius 1 is 1.00 bits per heavy atom. The minimum atomic E-state index is -4.47. The van der Waals surface area contributed by atoms with E-state index < -0.39 is 12.0 Å². The van der Waals surface area contributed by atoms with Gasteiger partial charge in [-0.3, -0.25) is 0 Å². The molecule has 0 aliphatic heterocycles. The molecule has 0 saturated carbocycles. The lowest BCUT2D eigenvalue weighted by molar-refractivity contribution is -0.147. The van der Waals surface area contributed by atoms with Crippen LogP contribution in [0.1, 0.15) is 18.7 Å². The minimum Gasteiger partial charge on any atom is -0.494 e. The van der Waals surface area contributed by atoms with Crippen LogP contribution >= 0.6 is 11.6 Å². The second-order valence-electron chi connectivity index (χ2n) is 5.58. The SMILES string of the molecule is FC(F)(F)c1nc2ccccc2n1CCCCOc1ccc(Cl)cc1. The molecule has 3 rings (SSSR count). The number of rotatable bonds is 6. The Hall–Kier alpha value is -2.21. The van der Waals surface area contributed by atoms with Crippen LogP contribution in [0.5, 0.6) is 5.75 Å². The smallest absolute Gasteiger partial charge is 0.449 e. The summed E-state index contributed by atoms with van der Waals surface area (Å²) in [5.41, 5.74) is 0.848. The first kappa shape index (κ1) is 17.6. The normalized spacial score (nSPS) is 11.8. The maximum atomic E-state index is 13.2. The molecular weight excluding hydrogens is 353 g/mol. The number of fused-ring (bicyclic) bond motifs is 1. The van der Waals surface area contributed by atoms with Gasteiger partial charge >= 0.3 is 6.18 Å². The number of benzene rings is 2. The molecule has 0 amide bonds. The molecule has 2 aromatic carbocycles. The predicted octanol–water partition coefficient (Wildman–Crippen LogP) is 5.57. The third-order valence-corrected chi connectivity index (χ3v) is 4.02. The van der Waals surface area contributed by atoms with Crippen molar-refractivity contribution in [3.05, 3.63) is 59.4 Å². The number of ether oxygens (including phenoxy) is 1. The van der Waals surface area contributed by atoms with E-state index in [2.05, 4.69) is 4.98 Å². The van der Waals surface area contributed by atoms with Gasteiger partial charge in [-0.25, -0.2) is 4.98 Å². The van der Waals surface area contributed by atoms with Gasteiger partial charge in [0.25, 0.3) is 0 Å². The Labute approximate surface area is 148 Å². The van der Waals surface area contributed by atoms with Crippen LogP contribution in [-0.2, 0) is 12.7 Å². The highest BCUT2D eigenvalue weighted by atomic mass is 35.5. The molecule has 0 saturated heterocycles. The molecule has 0 N–H and O–H groups in total. The first-order valence-corrected chi connectivity index (χ1v) is 8.24. The van der Waals surface area contributed by atoms with Gasteiger partial charge < -0.3 is 9.30 Å². The fourth-order valence-electron chi connectivity index (χ4n) is 2.61. The average Bonchev–Trinajstić information content (AvgIpc) is 2.95. The first-order chi connectivity index (χ1) is 11.9. The van der Waals surface area contributed by atoms with Crippen molar-refractivity contribution in [3.63, 3.8) is 0 Å². The van der Waals surface area contributed by atoms with Gasteiger partial charge in [0, 0.05) is 11.6 Å². The van der Waals surface area contributed by atoms with Gasteiger partial charge in [-0.1, -0.05) is 23.7 Å². The molecule has 0 aliphatic carbocycles. The van der Waals surface area contributed by atoms with Crippen LogP contribution in [0.3, 0.4) is 0 Å². The van der Waals surface area contributed by atoms with Gasteiger partial charge in [-0.05, 0) is 49.2 Å². The Morgan fingerprint density at radius 2 is 1.72 bits per heavy atom. The van der Waals surface area contributed by atoms with E-state index in [1.807, 2.05) is 0 Å². The third kappa shape index (κ3) is 4.25. The van der Waals surface area contributed by atoms with E-state index in [0.29, 0.717) is 41.3 Å². The van der Waals surface area contributed by atoms with E-state index in [0.717, 1.165) is 0 Å². The standard InChI is InChI=1S/C18H16ClF3N2O/c19-13-7-9-14(10-8-13)25-12-4-3-11-24-16-6-2-1-5-15(16)23-17(24)18(20,21)22/h1-2,5-10H,3-4,11-12H2. The van der Waals surface area contributed by atoms with Gasteiger partial charge in [0.1, 0.15) is 5.75 Å². The number of aryl methyl sites for hydroxylation is 1. The summed E-state index contributed by atoms with van der Waals surface area (Å²) in [6.07, 6.45) is -3.29. The fraction of sp³-hybridized carbons (Fsp3) is 0.278. The molecule has 0 bridgehead atoms. The number of aromatic nitrogens is 2. The zero-order valence-corrected chi connectivity index (χ0v) is 14.0. The van der Waals surface area contributed by atoms with Crippen LogP contribution in [0.25, 0.3) is 11.0 Å². The van der Waals surface area contributed by atoms with Crippen LogP contribution in [0, 0.1) is 0 Å². The summed E-state index contributed by atoms with van der Waals surface area (Å²) < 4.78 is 46.4. The van der Waals surface area contributed by atoms with Crippen LogP contribution in [0.4, 0.5) is 13.2 Å². The van der Waals surface area contributed by atoms with Crippen molar-refractivity contribution in [2.45, 2.75) is 25.6 Å². The van der Waals surface area contributed by atoms with E-state index >= 15 is 0 Å². The minimum absolute atomic E-state index is 0.235. The van der Waals surface area contributed by atoms with Crippen LogP contribution in [0.2, 0.25) is 5.02 Å². The maximum Gasteiger partial charge on any atom is 0.449 e. The lowest BCUT2D eigenvalue weighted by Gasteiger charge is -2.11.